The largest absolute Gasteiger partial charge is 0.495 e. The van der Waals surface area contributed by atoms with Gasteiger partial charge in [-0.2, -0.15) is 4.99 Å². The third kappa shape index (κ3) is 3.37. The molecule has 130 valence electrons. The van der Waals surface area contributed by atoms with E-state index in [-0.39, 0.29) is 5.91 Å². The molecule has 25 heavy (non-hydrogen) atoms. The summed E-state index contributed by atoms with van der Waals surface area (Å²) in [6.45, 7) is 6.18. The van der Waals surface area contributed by atoms with E-state index in [4.69, 9.17) is 4.74 Å². The average molecular weight is 354 g/mol. The van der Waals surface area contributed by atoms with Crippen LogP contribution in [0.25, 0.3) is 10.2 Å². The first-order valence-corrected chi connectivity index (χ1v) is 8.99. The molecule has 0 radical (unpaired) electrons. The van der Waals surface area contributed by atoms with E-state index in [0.29, 0.717) is 11.2 Å². The molecule has 2 aromatic carbocycles. The first-order valence-electron chi connectivity index (χ1n) is 8.17. The fraction of sp³-hybridized carbons (Fsp3) is 0.300. The van der Waals surface area contributed by atoms with Crippen LogP contribution in [0.5, 0.6) is 5.75 Å². The molecule has 3 rings (SSSR count). The number of thiazole rings is 1. The van der Waals surface area contributed by atoms with Gasteiger partial charge in [-0.05, 0) is 49.1 Å². The Morgan fingerprint density at radius 1 is 1.12 bits per heavy atom. The second-order valence-corrected chi connectivity index (χ2v) is 7.28. The van der Waals surface area contributed by atoms with Gasteiger partial charge >= 0.3 is 0 Å². The molecule has 0 unspecified atom stereocenters. The van der Waals surface area contributed by atoms with E-state index < -0.39 is 0 Å². The van der Waals surface area contributed by atoms with Crippen molar-refractivity contribution in [2.24, 2.45) is 12.0 Å². The lowest BCUT2D eigenvalue weighted by Crippen LogP contribution is -2.14. The van der Waals surface area contributed by atoms with Crippen LogP contribution in [0.4, 0.5) is 0 Å². The molecule has 3 aromatic rings. The van der Waals surface area contributed by atoms with E-state index in [2.05, 4.69) is 31.8 Å². The summed E-state index contributed by atoms with van der Waals surface area (Å²) in [6.07, 6.45) is 0.311. The van der Waals surface area contributed by atoms with Crippen molar-refractivity contribution in [1.82, 2.24) is 4.57 Å². The van der Waals surface area contributed by atoms with Crippen LogP contribution in [0.15, 0.2) is 35.3 Å². The molecule has 5 heteroatoms. The van der Waals surface area contributed by atoms with Crippen molar-refractivity contribution in [3.05, 3.63) is 57.4 Å². The highest BCUT2D eigenvalue weighted by atomic mass is 32.1. The Morgan fingerprint density at radius 3 is 2.52 bits per heavy atom. The van der Waals surface area contributed by atoms with Gasteiger partial charge in [-0.1, -0.05) is 35.6 Å². The topological polar surface area (TPSA) is 43.6 Å². The molecule has 1 amide bonds. The molecule has 0 aliphatic carbocycles. The van der Waals surface area contributed by atoms with Gasteiger partial charge in [-0.25, -0.2) is 0 Å². The van der Waals surface area contributed by atoms with E-state index in [9.17, 15) is 4.79 Å². The SMILES string of the molecule is COc1ccc(C)c2sc(=NC(=O)Cc3ccc(C)c(C)c3)n(C)c12. The highest BCUT2D eigenvalue weighted by Gasteiger charge is 2.12. The fourth-order valence-electron chi connectivity index (χ4n) is 2.85. The minimum Gasteiger partial charge on any atom is -0.495 e. The summed E-state index contributed by atoms with van der Waals surface area (Å²) in [4.78, 5) is 17.5. The van der Waals surface area contributed by atoms with Crippen molar-refractivity contribution in [2.45, 2.75) is 27.2 Å². The van der Waals surface area contributed by atoms with E-state index in [1.54, 1.807) is 7.11 Å². The number of benzene rings is 2. The molecule has 0 saturated carbocycles. The number of aryl methyl sites for hydroxylation is 4. The van der Waals surface area contributed by atoms with Gasteiger partial charge in [0.25, 0.3) is 5.91 Å². The number of ether oxygens (including phenoxy) is 1. The molecule has 0 aliphatic heterocycles. The van der Waals surface area contributed by atoms with Crippen molar-refractivity contribution in [2.75, 3.05) is 7.11 Å². The first-order chi connectivity index (χ1) is 11.9. The fourth-order valence-corrected chi connectivity index (χ4v) is 3.97. The molecule has 0 bridgehead atoms. The van der Waals surface area contributed by atoms with Crippen molar-refractivity contribution in [3.8, 4) is 5.75 Å². The van der Waals surface area contributed by atoms with E-state index in [1.165, 1.54) is 22.5 Å². The third-order valence-corrected chi connectivity index (χ3v) is 5.74. The van der Waals surface area contributed by atoms with Gasteiger partial charge in [0.05, 0.1) is 18.2 Å². The standard InChI is InChI=1S/C20H22N2O2S/c1-12-6-8-15(10-14(12)3)11-17(23)21-20-22(4)18-16(24-5)9-7-13(2)19(18)25-20/h6-10H,11H2,1-5H3. The number of hydrogen-bond donors (Lipinski definition) is 0. The number of methoxy groups -OCH3 is 1. The van der Waals surface area contributed by atoms with Crippen LogP contribution >= 0.6 is 11.3 Å². The van der Waals surface area contributed by atoms with Gasteiger partial charge < -0.3 is 9.30 Å². The van der Waals surface area contributed by atoms with E-state index in [0.717, 1.165) is 27.1 Å². The second kappa shape index (κ2) is 6.84. The smallest absolute Gasteiger partial charge is 0.252 e. The molecular weight excluding hydrogens is 332 g/mol. The molecule has 4 nitrogen and oxygen atoms in total. The zero-order valence-corrected chi connectivity index (χ0v) is 16.0. The van der Waals surface area contributed by atoms with Gasteiger partial charge in [0.15, 0.2) is 4.80 Å². The predicted octanol–water partition coefficient (Wildman–Crippen LogP) is 3.84. The Labute approximate surface area is 151 Å². The number of fused-ring (bicyclic) bond motifs is 1. The van der Waals surface area contributed by atoms with Crippen LogP contribution in [0.1, 0.15) is 22.3 Å². The maximum absolute atomic E-state index is 12.4. The number of aromatic nitrogens is 1. The molecular formula is C20H22N2O2S. The third-order valence-electron chi connectivity index (χ3n) is 4.47. The van der Waals surface area contributed by atoms with Crippen LogP contribution in [0.2, 0.25) is 0 Å². The van der Waals surface area contributed by atoms with Crippen molar-refractivity contribution in [3.63, 3.8) is 0 Å². The molecule has 1 heterocycles. The number of carbonyl (C=O) groups is 1. The Bertz CT molecular complexity index is 1030. The van der Waals surface area contributed by atoms with Gasteiger partial charge in [0.1, 0.15) is 11.3 Å². The summed E-state index contributed by atoms with van der Waals surface area (Å²) in [7, 11) is 3.58. The summed E-state index contributed by atoms with van der Waals surface area (Å²) in [6, 6.07) is 10.1. The van der Waals surface area contributed by atoms with Crippen molar-refractivity contribution in [1.29, 1.82) is 0 Å². The number of hydrogen-bond acceptors (Lipinski definition) is 3. The number of amides is 1. The number of carbonyl (C=O) groups excluding carboxylic acids is 1. The normalized spacial score (nSPS) is 12.0. The lowest BCUT2D eigenvalue weighted by Gasteiger charge is -2.05. The molecule has 0 spiro atoms. The summed E-state index contributed by atoms with van der Waals surface area (Å²) >= 11 is 1.52. The average Bonchev–Trinajstić information content (AvgIpc) is 2.89. The minimum absolute atomic E-state index is 0.137. The summed E-state index contributed by atoms with van der Waals surface area (Å²) in [5, 5.41) is 0. The highest BCUT2D eigenvalue weighted by Crippen LogP contribution is 2.29. The lowest BCUT2D eigenvalue weighted by molar-refractivity contribution is -0.117. The molecule has 0 fully saturated rings. The quantitative estimate of drug-likeness (QED) is 0.717. The van der Waals surface area contributed by atoms with Crippen LogP contribution in [-0.4, -0.2) is 17.6 Å². The summed E-state index contributed by atoms with van der Waals surface area (Å²) in [5.74, 6) is 0.657. The number of nitrogens with zero attached hydrogens (tertiary/aromatic N) is 2. The summed E-state index contributed by atoms with van der Waals surface area (Å²) < 4.78 is 8.49. The molecule has 0 N–H and O–H groups in total. The Morgan fingerprint density at radius 2 is 1.84 bits per heavy atom. The van der Waals surface area contributed by atoms with Gasteiger partial charge in [-0.15, -0.1) is 0 Å². The molecule has 0 aliphatic rings. The Balaban J connectivity index is 2.00. The monoisotopic (exact) mass is 354 g/mol. The molecule has 0 atom stereocenters. The Kier molecular flexibility index (Phi) is 4.77. The van der Waals surface area contributed by atoms with Gasteiger partial charge in [-0.3, -0.25) is 4.79 Å². The first kappa shape index (κ1) is 17.4. The Hall–Kier alpha value is -2.40. The van der Waals surface area contributed by atoms with Crippen LogP contribution < -0.4 is 9.54 Å². The van der Waals surface area contributed by atoms with E-state index in [1.807, 2.05) is 35.9 Å². The lowest BCUT2D eigenvalue weighted by atomic mass is 10.0. The van der Waals surface area contributed by atoms with Crippen LogP contribution in [-0.2, 0) is 18.3 Å². The zero-order valence-electron chi connectivity index (χ0n) is 15.2. The van der Waals surface area contributed by atoms with Crippen LogP contribution in [0.3, 0.4) is 0 Å². The number of rotatable bonds is 3. The maximum atomic E-state index is 12.4. The van der Waals surface area contributed by atoms with Crippen LogP contribution in [0, 0.1) is 20.8 Å². The minimum atomic E-state index is -0.137. The van der Waals surface area contributed by atoms with E-state index >= 15 is 0 Å². The van der Waals surface area contributed by atoms with Crippen molar-refractivity contribution >= 4 is 27.5 Å². The predicted molar refractivity (Wildman–Crippen MR) is 102 cm³/mol. The molecule has 0 saturated heterocycles. The van der Waals surface area contributed by atoms with Crippen molar-refractivity contribution < 1.29 is 9.53 Å². The zero-order chi connectivity index (χ0) is 18.1. The highest BCUT2D eigenvalue weighted by molar-refractivity contribution is 7.16. The maximum Gasteiger partial charge on any atom is 0.252 e. The second-order valence-electron chi connectivity index (χ2n) is 6.31. The van der Waals surface area contributed by atoms with Gasteiger partial charge in [0.2, 0.25) is 0 Å². The molecule has 1 aromatic heterocycles. The summed E-state index contributed by atoms with van der Waals surface area (Å²) in [5.41, 5.74) is 5.55. The van der Waals surface area contributed by atoms with Gasteiger partial charge in [0, 0.05) is 7.05 Å².